The Balaban J connectivity index is 3.01. The zero-order chi connectivity index (χ0) is 16.5. The SMILES string of the molecule is CCOC(=O)OCc1c(CS)cnc(C)c1OC(=O)OCC. The van der Waals surface area contributed by atoms with Crippen LogP contribution in [0.15, 0.2) is 6.20 Å². The number of aromatic nitrogens is 1. The van der Waals surface area contributed by atoms with Gasteiger partial charge in [0.05, 0.1) is 18.9 Å². The molecule has 0 bridgehead atoms. The van der Waals surface area contributed by atoms with Crippen LogP contribution in [0.5, 0.6) is 5.75 Å². The zero-order valence-corrected chi connectivity index (χ0v) is 13.6. The fourth-order valence-corrected chi connectivity index (χ4v) is 1.90. The summed E-state index contributed by atoms with van der Waals surface area (Å²) in [7, 11) is 0. The lowest BCUT2D eigenvalue weighted by Crippen LogP contribution is -2.15. The van der Waals surface area contributed by atoms with Gasteiger partial charge in [-0.15, -0.1) is 0 Å². The highest BCUT2D eigenvalue weighted by molar-refractivity contribution is 7.79. The molecule has 1 rings (SSSR count). The van der Waals surface area contributed by atoms with Crippen LogP contribution in [0.25, 0.3) is 0 Å². The maximum absolute atomic E-state index is 11.5. The Hall–Kier alpha value is -1.96. The van der Waals surface area contributed by atoms with E-state index in [1.807, 2.05) is 0 Å². The molecule has 0 radical (unpaired) electrons. The third-order valence-electron chi connectivity index (χ3n) is 2.62. The Morgan fingerprint density at radius 2 is 1.77 bits per heavy atom. The summed E-state index contributed by atoms with van der Waals surface area (Å²) in [5.41, 5.74) is 1.65. The predicted octanol–water partition coefficient (Wildman–Crippen LogP) is 3.03. The number of thiol groups is 1. The third-order valence-corrected chi connectivity index (χ3v) is 2.96. The summed E-state index contributed by atoms with van der Waals surface area (Å²) >= 11 is 4.20. The van der Waals surface area contributed by atoms with Crippen LogP contribution in [-0.4, -0.2) is 30.5 Å². The quantitative estimate of drug-likeness (QED) is 0.634. The highest BCUT2D eigenvalue weighted by Gasteiger charge is 2.19. The van der Waals surface area contributed by atoms with Crippen LogP contribution < -0.4 is 4.74 Å². The molecule has 0 saturated heterocycles. The van der Waals surface area contributed by atoms with Gasteiger partial charge in [0.2, 0.25) is 0 Å². The Morgan fingerprint density at radius 1 is 1.14 bits per heavy atom. The fourth-order valence-electron chi connectivity index (χ4n) is 1.63. The standard InChI is InChI=1S/C14H19NO6S/c1-4-18-13(16)20-7-11-10(8-22)6-15-9(3)12(11)21-14(17)19-5-2/h6,22H,4-5,7-8H2,1-3H3. The summed E-state index contributed by atoms with van der Waals surface area (Å²) in [4.78, 5) is 27.0. The smallest absolute Gasteiger partial charge is 0.435 e. The molecule has 0 atom stereocenters. The first-order valence-corrected chi connectivity index (χ1v) is 7.39. The van der Waals surface area contributed by atoms with Gasteiger partial charge in [-0.2, -0.15) is 12.6 Å². The molecule has 122 valence electrons. The van der Waals surface area contributed by atoms with Crippen molar-refractivity contribution in [2.45, 2.75) is 33.1 Å². The van der Waals surface area contributed by atoms with Crippen LogP contribution in [0, 0.1) is 6.92 Å². The monoisotopic (exact) mass is 329 g/mol. The summed E-state index contributed by atoms with van der Waals surface area (Å²) in [6.45, 7) is 5.29. The number of carbonyl (C=O) groups is 2. The van der Waals surface area contributed by atoms with Gasteiger partial charge in [-0.3, -0.25) is 4.98 Å². The first-order valence-electron chi connectivity index (χ1n) is 6.75. The van der Waals surface area contributed by atoms with Crippen molar-refractivity contribution in [1.82, 2.24) is 4.98 Å². The average Bonchev–Trinajstić information content (AvgIpc) is 2.48. The molecule has 1 aromatic heterocycles. The minimum atomic E-state index is -0.846. The van der Waals surface area contributed by atoms with Crippen LogP contribution in [-0.2, 0) is 26.6 Å². The Kier molecular flexibility index (Phi) is 7.51. The van der Waals surface area contributed by atoms with E-state index in [2.05, 4.69) is 17.6 Å². The van der Waals surface area contributed by atoms with Crippen molar-refractivity contribution in [3.63, 3.8) is 0 Å². The number of nitrogens with zero attached hydrogens (tertiary/aromatic N) is 1. The lowest BCUT2D eigenvalue weighted by molar-refractivity contribution is 0.0527. The summed E-state index contributed by atoms with van der Waals surface area (Å²) in [5.74, 6) is 0.544. The maximum Gasteiger partial charge on any atom is 0.513 e. The normalized spacial score (nSPS) is 10.0. The van der Waals surface area contributed by atoms with Gasteiger partial charge in [0.25, 0.3) is 0 Å². The molecule has 0 aliphatic rings. The van der Waals surface area contributed by atoms with Crippen molar-refractivity contribution in [3.05, 3.63) is 23.0 Å². The van der Waals surface area contributed by atoms with Crippen molar-refractivity contribution >= 4 is 24.9 Å². The van der Waals surface area contributed by atoms with E-state index in [4.69, 9.17) is 18.9 Å². The van der Waals surface area contributed by atoms with Gasteiger partial charge in [0, 0.05) is 17.5 Å². The van der Waals surface area contributed by atoms with E-state index in [1.54, 1.807) is 27.0 Å². The molecule has 0 aromatic carbocycles. The number of hydrogen-bond acceptors (Lipinski definition) is 8. The molecule has 0 unspecified atom stereocenters. The second kappa shape index (κ2) is 9.14. The molecule has 22 heavy (non-hydrogen) atoms. The Bertz CT molecular complexity index is 534. The van der Waals surface area contributed by atoms with E-state index in [-0.39, 0.29) is 25.6 Å². The van der Waals surface area contributed by atoms with Gasteiger partial charge in [-0.1, -0.05) is 0 Å². The van der Waals surface area contributed by atoms with Gasteiger partial charge in [0.15, 0.2) is 5.75 Å². The molecule has 0 amide bonds. The van der Waals surface area contributed by atoms with Gasteiger partial charge in [-0.25, -0.2) is 9.59 Å². The van der Waals surface area contributed by atoms with Crippen molar-refractivity contribution in [2.24, 2.45) is 0 Å². The number of ether oxygens (including phenoxy) is 4. The van der Waals surface area contributed by atoms with Gasteiger partial charge < -0.3 is 18.9 Å². The number of aryl methyl sites for hydroxylation is 1. The molecule has 8 heteroatoms. The average molecular weight is 329 g/mol. The molecule has 1 heterocycles. The molecule has 0 fully saturated rings. The van der Waals surface area contributed by atoms with Gasteiger partial charge >= 0.3 is 12.3 Å². The second-order valence-electron chi connectivity index (χ2n) is 4.09. The minimum Gasteiger partial charge on any atom is -0.435 e. The molecule has 0 aliphatic heterocycles. The second-order valence-corrected chi connectivity index (χ2v) is 4.41. The van der Waals surface area contributed by atoms with Gasteiger partial charge in [-0.05, 0) is 26.3 Å². The highest BCUT2D eigenvalue weighted by atomic mass is 32.1. The summed E-state index contributed by atoms with van der Waals surface area (Å²) in [6, 6.07) is 0. The Morgan fingerprint density at radius 3 is 2.36 bits per heavy atom. The fraction of sp³-hybridized carbons (Fsp3) is 0.500. The predicted molar refractivity (Wildman–Crippen MR) is 81.1 cm³/mol. The van der Waals surface area contributed by atoms with E-state index in [0.29, 0.717) is 22.6 Å². The Labute approximate surface area is 134 Å². The largest absolute Gasteiger partial charge is 0.513 e. The van der Waals surface area contributed by atoms with Crippen LogP contribution in [0.2, 0.25) is 0 Å². The molecule has 0 saturated carbocycles. The van der Waals surface area contributed by atoms with E-state index in [1.165, 1.54) is 0 Å². The first kappa shape index (κ1) is 18.1. The van der Waals surface area contributed by atoms with Crippen molar-refractivity contribution < 1.29 is 28.5 Å². The summed E-state index contributed by atoms with van der Waals surface area (Å²) < 4.78 is 19.6. The topological polar surface area (TPSA) is 84.0 Å². The third kappa shape index (κ3) is 5.10. The number of hydrogen-bond donors (Lipinski definition) is 1. The van der Waals surface area contributed by atoms with Crippen molar-refractivity contribution in [1.29, 1.82) is 0 Å². The summed E-state index contributed by atoms with van der Waals surface area (Å²) in [6.07, 6.45) is -0.0604. The van der Waals surface area contributed by atoms with Crippen molar-refractivity contribution in [2.75, 3.05) is 13.2 Å². The van der Waals surface area contributed by atoms with Crippen molar-refractivity contribution in [3.8, 4) is 5.75 Å². The lowest BCUT2D eigenvalue weighted by atomic mass is 10.1. The van der Waals surface area contributed by atoms with Crippen LogP contribution in [0.4, 0.5) is 9.59 Å². The zero-order valence-electron chi connectivity index (χ0n) is 12.7. The maximum atomic E-state index is 11.5. The molecular weight excluding hydrogens is 310 g/mol. The molecule has 7 nitrogen and oxygen atoms in total. The molecule has 1 aromatic rings. The number of rotatable bonds is 6. The minimum absolute atomic E-state index is 0.118. The van der Waals surface area contributed by atoms with Gasteiger partial charge in [0.1, 0.15) is 6.61 Å². The van der Waals surface area contributed by atoms with E-state index < -0.39 is 12.3 Å². The van der Waals surface area contributed by atoms with E-state index >= 15 is 0 Å². The molecule has 0 spiro atoms. The van der Waals surface area contributed by atoms with Crippen LogP contribution in [0.1, 0.15) is 30.7 Å². The van der Waals surface area contributed by atoms with E-state index in [9.17, 15) is 9.59 Å². The highest BCUT2D eigenvalue weighted by Crippen LogP contribution is 2.27. The first-order chi connectivity index (χ1) is 10.5. The summed E-state index contributed by atoms with van der Waals surface area (Å²) in [5, 5.41) is 0. The molecular formula is C14H19NO6S. The van der Waals surface area contributed by atoms with Crippen LogP contribution in [0.3, 0.4) is 0 Å². The lowest BCUT2D eigenvalue weighted by Gasteiger charge is -2.15. The van der Waals surface area contributed by atoms with E-state index in [0.717, 1.165) is 0 Å². The van der Waals surface area contributed by atoms with Crippen LogP contribution >= 0.6 is 12.6 Å². The number of carbonyl (C=O) groups excluding carboxylic acids is 2. The number of pyridine rings is 1. The molecule has 0 N–H and O–H groups in total. The molecule has 0 aliphatic carbocycles.